The molecular weight excluding hydrogens is 344 g/mol. The third kappa shape index (κ3) is 3.57. The molecular formula is C16H14N4O4S. The molecule has 1 heterocycles. The summed E-state index contributed by atoms with van der Waals surface area (Å²) in [6.07, 6.45) is 2.58. The normalized spacial score (nSPS) is 11.4. The number of benzene rings is 2. The standard InChI is InChI=1S/C16H14N4O4S/c17-25(23,24)15-4-2-1-3-14(15)13-7-5-12(6-8-13)10-19-11-18-9-16(19)20(21)22/h1-9,11H,10H2,(H2,17,23,24). The zero-order valence-corrected chi connectivity index (χ0v) is 13.8. The van der Waals surface area contributed by atoms with E-state index in [1.54, 1.807) is 42.5 Å². The van der Waals surface area contributed by atoms with E-state index in [-0.39, 0.29) is 17.3 Å². The lowest BCUT2D eigenvalue weighted by atomic mass is 10.0. The van der Waals surface area contributed by atoms with E-state index in [9.17, 15) is 18.5 Å². The van der Waals surface area contributed by atoms with Crippen molar-refractivity contribution in [1.82, 2.24) is 9.55 Å². The van der Waals surface area contributed by atoms with Crippen molar-refractivity contribution in [2.24, 2.45) is 5.14 Å². The van der Waals surface area contributed by atoms with E-state index in [4.69, 9.17) is 5.14 Å². The lowest BCUT2D eigenvalue weighted by Crippen LogP contribution is -2.13. The number of hydrogen-bond donors (Lipinski definition) is 1. The second-order valence-corrected chi connectivity index (χ2v) is 6.90. The molecule has 0 unspecified atom stereocenters. The Balaban J connectivity index is 1.92. The number of nitro groups is 1. The second kappa shape index (κ2) is 6.46. The third-order valence-corrected chi connectivity index (χ3v) is 4.66. The van der Waals surface area contributed by atoms with Gasteiger partial charge in [0.05, 0.1) is 4.90 Å². The summed E-state index contributed by atoms with van der Waals surface area (Å²) < 4.78 is 24.8. The monoisotopic (exact) mass is 358 g/mol. The number of primary sulfonamides is 1. The number of nitrogens with zero attached hydrogens (tertiary/aromatic N) is 3. The Labute approximate surface area is 143 Å². The van der Waals surface area contributed by atoms with Crippen LogP contribution < -0.4 is 5.14 Å². The fourth-order valence-corrected chi connectivity index (χ4v) is 3.29. The molecule has 0 aliphatic rings. The van der Waals surface area contributed by atoms with E-state index in [0.717, 1.165) is 5.56 Å². The topological polar surface area (TPSA) is 121 Å². The molecule has 0 spiro atoms. The van der Waals surface area contributed by atoms with E-state index in [1.165, 1.54) is 23.2 Å². The molecule has 0 atom stereocenters. The molecule has 2 aromatic carbocycles. The lowest BCUT2D eigenvalue weighted by Gasteiger charge is -2.08. The van der Waals surface area contributed by atoms with Gasteiger partial charge in [-0.3, -0.25) is 0 Å². The highest BCUT2D eigenvalue weighted by Crippen LogP contribution is 2.27. The molecule has 128 valence electrons. The third-order valence-electron chi connectivity index (χ3n) is 3.69. The van der Waals surface area contributed by atoms with E-state index in [2.05, 4.69) is 4.98 Å². The minimum atomic E-state index is -3.84. The van der Waals surface area contributed by atoms with Gasteiger partial charge < -0.3 is 10.1 Å². The highest BCUT2D eigenvalue weighted by Gasteiger charge is 2.15. The highest BCUT2D eigenvalue weighted by molar-refractivity contribution is 7.89. The van der Waals surface area contributed by atoms with E-state index in [0.29, 0.717) is 11.1 Å². The van der Waals surface area contributed by atoms with Crippen molar-refractivity contribution in [3.8, 4) is 11.1 Å². The van der Waals surface area contributed by atoms with Crippen molar-refractivity contribution in [3.05, 3.63) is 76.7 Å². The van der Waals surface area contributed by atoms with E-state index < -0.39 is 14.9 Å². The molecule has 1 aromatic heterocycles. The Hall–Kier alpha value is -3.04. The second-order valence-electron chi connectivity index (χ2n) is 5.37. The largest absolute Gasteiger partial charge is 0.358 e. The molecule has 2 N–H and O–H groups in total. The molecule has 0 saturated carbocycles. The van der Waals surface area contributed by atoms with Crippen molar-refractivity contribution >= 4 is 15.8 Å². The van der Waals surface area contributed by atoms with Crippen LogP contribution in [0.15, 0.2) is 66.0 Å². The predicted octanol–water partition coefficient (Wildman–Crippen LogP) is 2.15. The maximum absolute atomic E-state index is 11.7. The first kappa shape index (κ1) is 16.8. The van der Waals surface area contributed by atoms with Crippen LogP contribution in [0, 0.1) is 10.1 Å². The number of hydrogen-bond acceptors (Lipinski definition) is 5. The first-order chi connectivity index (χ1) is 11.9. The fraction of sp³-hybridized carbons (Fsp3) is 0.0625. The Kier molecular flexibility index (Phi) is 4.34. The maximum atomic E-state index is 11.7. The Morgan fingerprint density at radius 2 is 1.80 bits per heavy atom. The first-order valence-corrected chi connectivity index (χ1v) is 8.76. The zero-order valence-electron chi connectivity index (χ0n) is 12.9. The Morgan fingerprint density at radius 3 is 2.44 bits per heavy atom. The Morgan fingerprint density at radius 1 is 1.12 bits per heavy atom. The Bertz CT molecular complexity index is 1030. The quantitative estimate of drug-likeness (QED) is 0.553. The van der Waals surface area contributed by atoms with Crippen molar-refractivity contribution in [2.75, 3.05) is 0 Å². The van der Waals surface area contributed by atoms with Gasteiger partial charge in [0.25, 0.3) is 0 Å². The van der Waals surface area contributed by atoms with Gasteiger partial charge in [0.15, 0.2) is 6.33 Å². The maximum Gasteiger partial charge on any atom is 0.342 e. The average molecular weight is 358 g/mol. The molecule has 25 heavy (non-hydrogen) atoms. The van der Waals surface area contributed by atoms with Crippen molar-refractivity contribution < 1.29 is 13.3 Å². The summed E-state index contributed by atoms with van der Waals surface area (Å²) in [4.78, 5) is 14.3. The van der Waals surface area contributed by atoms with Crippen LogP contribution in [0.3, 0.4) is 0 Å². The van der Waals surface area contributed by atoms with Crippen LogP contribution in [-0.2, 0) is 16.6 Å². The van der Waals surface area contributed by atoms with Gasteiger partial charge in [0, 0.05) is 5.56 Å². The molecule has 8 nitrogen and oxygen atoms in total. The van der Waals surface area contributed by atoms with Crippen molar-refractivity contribution in [3.63, 3.8) is 0 Å². The van der Waals surface area contributed by atoms with Gasteiger partial charge in [-0.05, 0) is 22.1 Å². The van der Waals surface area contributed by atoms with Crippen LogP contribution in [-0.4, -0.2) is 22.9 Å². The van der Waals surface area contributed by atoms with Crippen molar-refractivity contribution in [1.29, 1.82) is 0 Å². The van der Waals surface area contributed by atoms with Gasteiger partial charge in [-0.15, -0.1) is 0 Å². The minimum Gasteiger partial charge on any atom is -0.358 e. The van der Waals surface area contributed by atoms with Crippen LogP contribution in [0.4, 0.5) is 5.82 Å². The summed E-state index contributed by atoms with van der Waals surface area (Å²) >= 11 is 0. The lowest BCUT2D eigenvalue weighted by molar-refractivity contribution is -0.392. The smallest absolute Gasteiger partial charge is 0.342 e. The van der Waals surface area contributed by atoms with Crippen LogP contribution in [0.1, 0.15) is 5.56 Å². The summed E-state index contributed by atoms with van der Waals surface area (Å²) in [5, 5.41) is 16.2. The van der Waals surface area contributed by atoms with E-state index >= 15 is 0 Å². The molecule has 0 aliphatic heterocycles. The van der Waals surface area contributed by atoms with Crippen LogP contribution >= 0.6 is 0 Å². The predicted molar refractivity (Wildman–Crippen MR) is 91.2 cm³/mol. The summed E-state index contributed by atoms with van der Waals surface area (Å²) in [5.41, 5.74) is 2.01. The molecule has 9 heteroatoms. The van der Waals surface area contributed by atoms with Gasteiger partial charge in [0.1, 0.15) is 12.7 Å². The number of rotatable bonds is 5. The summed E-state index contributed by atoms with van der Waals surface area (Å²) in [7, 11) is -3.84. The number of aromatic nitrogens is 2. The molecule has 0 bridgehead atoms. The minimum absolute atomic E-state index is 0.0491. The van der Waals surface area contributed by atoms with Gasteiger partial charge in [-0.1, -0.05) is 42.5 Å². The summed E-state index contributed by atoms with van der Waals surface area (Å²) in [6.45, 7) is 0.285. The number of sulfonamides is 1. The van der Waals surface area contributed by atoms with Crippen molar-refractivity contribution in [2.45, 2.75) is 11.4 Å². The van der Waals surface area contributed by atoms with Gasteiger partial charge in [0.2, 0.25) is 10.0 Å². The molecule has 0 amide bonds. The molecule has 0 fully saturated rings. The SMILES string of the molecule is NS(=O)(=O)c1ccccc1-c1ccc(Cn2cncc2[N+](=O)[O-])cc1. The summed E-state index contributed by atoms with van der Waals surface area (Å²) in [6, 6.07) is 13.5. The highest BCUT2D eigenvalue weighted by atomic mass is 32.2. The molecule has 3 aromatic rings. The van der Waals surface area contributed by atoms with E-state index in [1.807, 2.05) is 0 Å². The average Bonchev–Trinajstić information content (AvgIpc) is 3.03. The molecule has 0 radical (unpaired) electrons. The van der Waals surface area contributed by atoms with Crippen LogP contribution in [0.2, 0.25) is 0 Å². The zero-order chi connectivity index (χ0) is 18.0. The van der Waals surface area contributed by atoms with Gasteiger partial charge >= 0.3 is 5.82 Å². The number of imidazole rings is 1. The molecule has 0 aliphatic carbocycles. The number of nitrogens with two attached hydrogens (primary N) is 1. The fourth-order valence-electron chi connectivity index (χ4n) is 2.53. The van der Waals surface area contributed by atoms with Gasteiger partial charge in [-0.2, -0.15) is 0 Å². The van der Waals surface area contributed by atoms with Crippen LogP contribution in [0.5, 0.6) is 0 Å². The first-order valence-electron chi connectivity index (χ1n) is 7.22. The van der Waals surface area contributed by atoms with Crippen LogP contribution in [0.25, 0.3) is 11.1 Å². The molecule has 0 saturated heterocycles. The van der Waals surface area contributed by atoms with Gasteiger partial charge in [-0.25, -0.2) is 23.1 Å². The molecule has 3 rings (SSSR count). The summed E-state index contributed by atoms with van der Waals surface area (Å²) in [5.74, 6) is -0.0938.